The third-order valence-electron chi connectivity index (χ3n) is 6.03. The number of ether oxygens (including phenoxy) is 1. The number of amides is 2. The molecule has 0 aliphatic carbocycles. The van der Waals surface area contributed by atoms with Crippen LogP contribution in [0.4, 0.5) is 4.79 Å². The standard InChI is InChI=1S/C22H33N3O3/c1-16-6-7-17(14-18(16)19(23)26)15-25-11-5-8-22(25)9-12-24(13-10-22)20(27)28-21(2,3)4/h6-7,14H,5,8-13,15H2,1-4H3,(H2,23,26). The van der Waals surface area contributed by atoms with Crippen molar-refractivity contribution < 1.29 is 14.3 Å². The summed E-state index contributed by atoms with van der Waals surface area (Å²) in [4.78, 5) is 28.4. The molecule has 0 bridgehead atoms. The molecule has 2 N–H and O–H groups in total. The molecule has 1 spiro atoms. The Morgan fingerprint density at radius 1 is 1.14 bits per heavy atom. The molecule has 28 heavy (non-hydrogen) atoms. The number of carbonyl (C=O) groups is 2. The van der Waals surface area contributed by atoms with Crippen molar-refractivity contribution in [1.29, 1.82) is 0 Å². The number of likely N-dealkylation sites (tertiary alicyclic amines) is 2. The Morgan fingerprint density at radius 2 is 1.82 bits per heavy atom. The highest BCUT2D eigenvalue weighted by Gasteiger charge is 2.44. The molecule has 2 fully saturated rings. The molecule has 0 saturated carbocycles. The fourth-order valence-electron chi connectivity index (χ4n) is 4.49. The summed E-state index contributed by atoms with van der Waals surface area (Å²) in [7, 11) is 0. The molecular weight excluding hydrogens is 354 g/mol. The molecule has 0 aromatic heterocycles. The number of piperidine rings is 1. The number of hydrogen-bond donors (Lipinski definition) is 1. The van der Waals surface area contributed by atoms with Gasteiger partial charge in [0, 0.05) is 30.7 Å². The molecule has 2 aliphatic heterocycles. The predicted octanol–water partition coefficient (Wildman–Crippen LogP) is 3.46. The van der Waals surface area contributed by atoms with Gasteiger partial charge >= 0.3 is 6.09 Å². The minimum atomic E-state index is -0.463. The number of aryl methyl sites for hydroxylation is 1. The second-order valence-corrected chi connectivity index (χ2v) is 9.23. The van der Waals surface area contributed by atoms with Gasteiger partial charge in [-0.3, -0.25) is 9.69 Å². The number of carbonyl (C=O) groups excluding carboxylic acids is 2. The zero-order valence-electron chi connectivity index (χ0n) is 17.6. The van der Waals surface area contributed by atoms with Crippen molar-refractivity contribution in [1.82, 2.24) is 9.80 Å². The van der Waals surface area contributed by atoms with Crippen molar-refractivity contribution in [3.8, 4) is 0 Å². The smallest absolute Gasteiger partial charge is 0.410 e. The molecule has 0 radical (unpaired) electrons. The van der Waals surface area contributed by atoms with E-state index in [0.29, 0.717) is 5.56 Å². The lowest BCUT2D eigenvalue weighted by Crippen LogP contribution is -2.53. The zero-order valence-corrected chi connectivity index (χ0v) is 17.6. The number of nitrogens with zero attached hydrogens (tertiary/aromatic N) is 2. The molecule has 1 aromatic rings. The Bertz CT molecular complexity index is 746. The molecule has 2 heterocycles. The van der Waals surface area contributed by atoms with E-state index in [4.69, 9.17) is 10.5 Å². The molecule has 154 valence electrons. The molecule has 6 heteroatoms. The molecule has 0 unspecified atom stereocenters. The summed E-state index contributed by atoms with van der Waals surface area (Å²) in [6, 6.07) is 5.99. The number of primary amides is 1. The summed E-state index contributed by atoms with van der Waals surface area (Å²) in [6.07, 6.45) is 4.03. The highest BCUT2D eigenvalue weighted by Crippen LogP contribution is 2.39. The monoisotopic (exact) mass is 387 g/mol. The van der Waals surface area contributed by atoms with E-state index >= 15 is 0 Å². The average molecular weight is 388 g/mol. The molecular formula is C22H33N3O3. The van der Waals surface area contributed by atoms with Gasteiger partial charge in [0.15, 0.2) is 0 Å². The zero-order chi connectivity index (χ0) is 20.5. The minimum absolute atomic E-state index is 0.135. The van der Waals surface area contributed by atoms with Crippen molar-refractivity contribution in [3.05, 3.63) is 34.9 Å². The SMILES string of the molecule is Cc1ccc(CN2CCCC23CCN(C(=O)OC(C)(C)C)CC3)cc1C(N)=O. The maximum Gasteiger partial charge on any atom is 0.410 e. The Balaban J connectivity index is 1.66. The second kappa shape index (κ2) is 7.74. The Morgan fingerprint density at radius 3 is 2.43 bits per heavy atom. The number of hydrogen-bond acceptors (Lipinski definition) is 4. The molecule has 2 aliphatic rings. The van der Waals surface area contributed by atoms with Crippen LogP contribution < -0.4 is 5.73 Å². The summed E-state index contributed by atoms with van der Waals surface area (Å²) in [5, 5.41) is 0. The van der Waals surface area contributed by atoms with Gasteiger partial charge in [0.05, 0.1) is 0 Å². The van der Waals surface area contributed by atoms with Gasteiger partial charge in [-0.05, 0) is 77.1 Å². The van der Waals surface area contributed by atoms with Crippen LogP contribution in [0, 0.1) is 6.92 Å². The van der Waals surface area contributed by atoms with Crippen LogP contribution in [0.15, 0.2) is 18.2 Å². The Labute approximate surface area is 168 Å². The highest BCUT2D eigenvalue weighted by molar-refractivity contribution is 5.94. The van der Waals surface area contributed by atoms with Crippen LogP contribution in [-0.2, 0) is 11.3 Å². The summed E-state index contributed by atoms with van der Waals surface area (Å²) >= 11 is 0. The van der Waals surface area contributed by atoms with Gasteiger partial charge < -0.3 is 15.4 Å². The van der Waals surface area contributed by atoms with Gasteiger partial charge in [-0.15, -0.1) is 0 Å². The third kappa shape index (κ3) is 4.49. The van der Waals surface area contributed by atoms with Gasteiger partial charge in [-0.1, -0.05) is 12.1 Å². The van der Waals surface area contributed by atoms with E-state index in [2.05, 4.69) is 11.0 Å². The first kappa shape index (κ1) is 20.6. The van der Waals surface area contributed by atoms with Crippen molar-refractivity contribution >= 4 is 12.0 Å². The van der Waals surface area contributed by atoms with E-state index in [9.17, 15) is 9.59 Å². The number of rotatable bonds is 3. The average Bonchev–Trinajstić information content (AvgIpc) is 2.97. The van der Waals surface area contributed by atoms with E-state index in [1.807, 2.05) is 44.7 Å². The van der Waals surface area contributed by atoms with Crippen molar-refractivity contribution in [3.63, 3.8) is 0 Å². The van der Waals surface area contributed by atoms with Gasteiger partial charge in [-0.25, -0.2) is 4.79 Å². The van der Waals surface area contributed by atoms with E-state index < -0.39 is 5.60 Å². The van der Waals surface area contributed by atoms with Crippen LogP contribution in [0.2, 0.25) is 0 Å². The molecule has 0 atom stereocenters. The van der Waals surface area contributed by atoms with Crippen LogP contribution in [0.5, 0.6) is 0 Å². The van der Waals surface area contributed by atoms with Crippen LogP contribution in [0.1, 0.15) is 67.9 Å². The lowest BCUT2D eigenvalue weighted by atomic mass is 9.84. The van der Waals surface area contributed by atoms with E-state index in [1.54, 1.807) is 0 Å². The third-order valence-corrected chi connectivity index (χ3v) is 6.03. The van der Waals surface area contributed by atoms with E-state index in [0.717, 1.165) is 56.6 Å². The van der Waals surface area contributed by atoms with Gasteiger partial charge in [0.2, 0.25) is 5.91 Å². The van der Waals surface area contributed by atoms with Crippen LogP contribution in [-0.4, -0.2) is 52.6 Å². The number of nitrogens with two attached hydrogens (primary N) is 1. The first-order chi connectivity index (χ1) is 13.1. The van der Waals surface area contributed by atoms with Gasteiger partial charge in [0.25, 0.3) is 0 Å². The minimum Gasteiger partial charge on any atom is -0.444 e. The summed E-state index contributed by atoms with van der Waals surface area (Å²) in [5.41, 5.74) is 7.82. The maximum absolute atomic E-state index is 12.4. The summed E-state index contributed by atoms with van der Waals surface area (Å²) < 4.78 is 5.53. The molecule has 2 saturated heterocycles. The Kier molecular flexibility index (Phi) is 5.71. The van der Waals surface area contributed by atoms with Gasteiger partial charge in [-0.2, -0.15) is 0 Å². The fourth-order valence-corrected chi connectivity index (χ4v) is 4.49. The van der Waals surface area contributed by atoms with E-state index in [-0.39, 0.29) is 17.5 Å². The predicted molar refractivity (Wildman–Crippen MR) is 109 cm³/mol. The lowest BCUT2D eigenvalue weighted by molar-refractivity contribution is 0.00165. The lowest BCUT2D eigenvalue weighted by Gasteiger charge is -2.45. The van der Waals surface area contributed by atoms with Crippen LogP contribution >= 0.6 is 0 Å². The van der Waals surface area contributed by atoms with Gasteiger partial charge in [0.1, 0.15) is 5.60 Å². The first-order valence-corrected chi connectivity index (χ1v) is 10.2. The molecule has 3 rings (SSSR count). The fraction of sp³-hybridized carbons (Fsp3) is 0.636. The second-order valence-electron chi connectivity index (χ2n) is 9.23. The number of benzene rings is 1. The molecule has 6 nitrogen and oxygen atoms in total. The van der Waals surface area contributed by atoms with Crippen LogP contribution in [0.3, 0.4) is 0 Å². The molecule has 1 aromatic carbocycles. The van der Waals surface area contributed by atoms with Crippen LogP contribution in [0.25, 0.3) is 0 Å². The maximum atomic E-state index is 12.4. The summed E-state index contributed by atoms with van der Waals surface area (Å²) in [6.45, 7) is 10.9. The summed E-state index contributed by atoms with van der Waals surface area (Å²) in [5.74, 6) is -0.374. The Hall–Kier alpha value is -2.08. The topological polar surface area (TPSA) is 75.9 Å². The van der Waals surface area contributed by atoms with Crippen molar-refractivity contribution in [2.24, 2.45) is 5.73 Å². The van der Waals surface area contributed by atoms with E-state index in [1.165, 1.54) is 6.42 Å². The quantitative estimate of drug-likeness (QED) is 0.862. The molecule has 2 amide bonds. The normalized spacial score (nSPS) is 19.8. The highest BCUT2D eigenvalue weighted by atomic mass is 16.6. The van der Waals surface area contributed by atoms with Crippen molar-refractivity contribution in [2.75, 3.05) is 19.6 Å². The van der Waals surface area contributed by atoms with Crippen molar-refractivity contribution in [2.45, 2.75) is 71.1 Å². The largest absolute Gasteiger partial charge is 0.444 e. The first-order valence-electron chi connectivity index (χ1n) is 10.2.